The zero-order chi connectivity index (χ0) is 20.8. The van der Waals surface area contributed by atoms with Crippen LogP contribution in [0.1, 0.15) is 42.5 Å². The van der Waals surface area contributed by atoms with Crippen LogP contribution < -0.4 is 5.73 Å². The maximum Gasteiger partial charge on any atom is 0.225 e. The molecule has 0 aliphatic carbocycles. The average molecular weight is 393 g/mol. The molecule has 2 aromatic rings. The highest BCUT2D eigenvalue weighted by atomic mass is 16.2. The molecule has 3 rings (SSSR count). The monoisotopic (exact) mass is 393 g/mol. The number of amides is 3. The van der Waals surface area contributed by atoms with Crippen molar-refractivity contribution in [1.29, 1.82) is 0 Å². The Hall–Kier alpha value is -3.15. The smallest absolute Gasteiger partial charge is 0.225 e. The van der Waals surface area contributed by atoms with E-state index in [9.17, 15) is 14.4 Å². The largest absolute Gasteiger partial charge is 0.370 e. The van der Waals surface area contributed by atoms with Gasteiger partial charge in [0.1, 0.15) is 0 Å². The van der Waals surface area contributed by atoms with Gasteiger partial charge < -0.3 is 15.5 Å². The van der Waals surface area contributed by atoms with Crippen LogP contribution in [0, 0.1) is 0 Å². The van der Waals surface area contributed by atoms with Crippen LogP contribution in [0.25, 0.3) is 0 Å². The van der Waals surface area contributed by atoms with Crippen molar-refractivity contribution < 1.29 is 14.4 Å². The fourth-order valence-corrected chi connectivity index (χ4v) is 3.88. The summed E-state index contributed by atoms with van der Waals surface area (Å²) >= 11 is 0. The number of hydrogen-bond donors (Lipinski definition) is 1. The molecule has 0 saturated heterocycles. The Morgan fingerprint density at radius 2 is 1.76 bits per heavy atom. The van der Waals surface area contributed by atoms with E-state index < -0.39 is 5.91 Å². The number of hydrogen-bond acceptors (Lipinski definition) is 3. The van der Waals surface area contributed by atoms with Crippen LogP contribution >= 0.6 is 0 Å². The summed E-state index contributed by atoms with van der Waals surface area (Å²) in [5.74, 6) is -0.573. The minimum Gasteiger partial charge on any atom is -0.370 e. The molecular formula is C23H27N3O3. The summed E-state index contributed by atoms with van der Waals surface area (Å²) in [6.45, 7) is 2.81. The van der Waals surface area contributed by atoms with E-state index in [0.29, 0.717) is 13.1 Å². The zero-order valence-electron chi connectivity index (χ0n) is 16.7. The molecule has 1 aliphatic heterocycles. The molecular weight excluding hydrogens is 366 g/mol. The van der Waals surface area contributed by atoms with E-state index in [2.05, 4.69) is 6.07 Å². The van der Waals surface area contributed by atoms with Gasteiger partial charge in [0, 0.05) is 33.0 Å². The van der Waals surface area contributed by atoms with Gasteiger partial charge in [0.15, 0.2) is 0 Å². The number of rotatable bonds is 7. The Morgan fingerprint density at radius 3 is 2.45 bits per heavy atom. The minimum atomic E-state index is -0.441. The van der Waals surface area contributed by atoms with Crippen molar-refractivity contribution in [3.8, 4) is 0 Å². The summed E-state index contributed by atoms with van der Waals surface area (Å²) in [7, 11) is 0. The molecule has 152 valence electrons. The summed E-state index contributed by atoms with van der Waals surface area (Å²) in [5.41, 5.74) is 8.50. The van der Waals surface area contributed by atoms with E-state index in [1.54, 1.807) is 16.7 Å². The average Bonchev–Trinajstić information content (AvgIpc) is 2.71. The molecule has 2 N–H and O–H groups in total. The highest BCUT2D eigenvalue weighted by molar-refractivity contribution is 5.80. The first-order valence-corrected chi connectivity index (χ1v) is 9.90. The van der Waals surface area contributed by atoms with Gasteiger partial charge in [-0.15, -0.1) is 0 Å². The number of fused-ring (bicyclic) bond motifs is 1. The van der Waals surface area contributed by atoms with Crippen molar-refractivity contribution in [1.82, 2.24) is 9.80 Å². The lowest BCUT2D eigenvalue weighted by Crippen LogP contribution is -2.42. The molecule has 0 spiro atoms. The van der Waals surface area contributed by atoms with Crippen LogP contribution in [0.4, 0.5) is 0 Å². The number of primary amides is 1. The molecule has 6 heteroatoms. The predicted molar refractivity (Wildman–Crippen MR) is 111 cm³/mol. The molecule has 6 nitrogen and oxygen atoms in total. The van der Waals surface area contributed by atoms with E-state index >= 15 is 0 Å². The topological polar surface area (TPSA) is 83.7 Å². The summed E-state index contributed by atoms with van der Waals surface area (Å²) in [4.78, 5) is 40.2. The minimum absolute atomic E-state index is 0.0379. The first-order valence-electron chi connectivity index (χ1n) is 9.90. The van der Waals surface area contributed by atoms with Crippen molar-refractivity contribution in [2.45, 2.75) is 38.8 Å². The summed E-state index contributed by atoms with van der Waals surface area (Å²) in [5, 5.41) is 0. The maximum atomic E-state index is 13.2. The summed E-state index contributed by atoms with van der Waals surface area (Å²) in [6, 6.07) is 17.3. The second kappa shape index (κ2) is 9.37. The van der Waals surface area contributed by atoms with Gasteiger partial charge in [0.05, 0.1) is 12.5 Å². The van der Waals surface area contributed by atoms with E-state index in [1.165, 1.54) is 5.56 Å². The standard InChI is InChI=1S/C23H27N3O3/c1-17(27)26-14-11-19-9-5-6-10-20(19)21(26)15-23(29)25(13-12-22(24)28)16-18-7-3-2-4-8-18/h2-10,21H,11-16H2,1H3,(H2,24,28). The Kier molecular flexibility index (Phi) is 6.65. The number of benzene rings is 2. The molecule has 1 unspecified atom stereocenters. The number of carbonyl (C=O) groups excluding carboxylic acids is 3. The van der Waals surface area contributed by atoms with Gasteiger partial charge in [0.25, 0.3) is 0 Å². The zero-order valence-corrected chi connectivity index (χ0v) is 16.7. The second-order valence-corrected chi connectivity index (χ2v) is 7.40. The fourth-order valence-electron chi connectivity index (χ4n) is 3.88. The molecule has 2 aromatic carbocycles. The lowest BCUT2D eigenvalue weighted by atomic mass is 9.90. The van der Waals surface area contributed by atoms with Gasteiger partial charge in [-0.05, 0) is 23.1 Å². The van der Waals surface area contributed by atoms with E-state index in [0.717, 1.165) is 17.5 Å². The maximum absolute atomic E-state index is 13.2. The molecule has 0 aromatic heterocycles. The molecule has 1 atom stereocenters. The predicted octanol–water partition coefficient (Wildman–Crippen LogP) is 2.43. The molecule has 0 saturated carbocycles. The number of nitrogens with two attached hydrogens (primary N) is 1. The Balaban J connectivity index is 1.82. The summed E-state index contributed by atoms with van der Waals surface area (Å²) in [6.07, 6.45) is 1.08. The third-order valence-electron chi connectivity index (χ3n) is 5.38. The molecule has 0 fully saturated rings. The highest BCUT2D eigenvalue weighted by Crippen LogP contribution is 2.33. The highest BCUT2D eigenvalue weighted by Gasteiger charge is 2.32. The SMILES string of the molecule is CC(=O)N1CCc2ccccc2C1CC(=O)N(CCC(N)=O)Cc1ccccc1. The third kappa shape index (κ3) is 5.22. The Labute approximate surface area is 171 Å². The Bertz CT molecular complexity index is 882. The molecule has 1 heterocycles. The molecule has 29 heavy (non-hydrogen) atoms. The number of nitrogens with zero attached hydrogens (tertiary/aromatic N) is 2. The van der Waals surface area contributed by atoms with Crippen LogP contribution in [-0.2, 0) is 27.3 Å². The van der Waals surface area contributed by atoms with Crippen molar-refractivity contribution in [2.75, 3.05) is 13.1 Å². The lowest BCUT2D eigenvalue weighted by molar-refractivity contribution is -0.137. The van der Waals surface area contributed by atoms with Gasteiger partial charge in [-0.1, -0.05) is 54.6 Å². The van der Waals surface area contributed by atoms with Crippen LogP contribution in [-0.4, -0.2) is 40.6 Å². The van der Waals surface area contributed by atoms with Gasteiger partial charge in [0.2, 0.25) is 17.7 Å². The fraction of sp³-hybridized carbons (Fsp3) is 0.348. The lowest BCUT2D eigenvalue weighted by Gasteiger charge is -2.37. The van der Waals surface area contributed by atoms with E-state index in [4.69, 9.17) is 5.73 Å². The first kappa shape index (κ1) is 20.6. The third-order valence-corrected chi connectivity index (χ3v) is 5.38. The Morgan fingerprint density at radius 1 is 1.07 bits per heavy atom. The van der Waals surface area contributed by atoms with Gasteiger partial charge in [-0.25, -0.2) is 0 Å². The van der Waals surface area contributed by atoms with Crippen molar-refractivity contribution >= 4 is 17.7 Å². The van der Waals surface area contributed by atoms with Crippen molar-refractivity contribution in [3.63, 3.8) is 0 Å². The van der Waals surface area contributed by atoms with Crippen LogP contribution in [0.3, 0.4) is 0 Å². The normalized spacial score (nSPS) is 15.5. The first-order chi connectivity index (χ1) is 14.0. The van der Waals surface area contributed by atoms with Gasteiger partial charge in [-0.3, -0.25) is 14.4 Å². The summed E-state index contributed by atoms with van der Waals surface area (Å²) < 4.78 is 0. The number of carbonyl (C=O) groups is 3. The van der Waals surface area contributed by atoms with Gasteiger partial charge >= 0.3 is 0 Å². The molecule has 1 aliphatic rings. The van der Waals surface area contributed by atoms with Crippen LogP contribution in [0.2, 0.25) is 0 Å². The molecule has 3 amide bonds. The van der Waals surface area contributed by atoms with Crippen LogP contribution in [0.15, 0.2) is 54.6 Å². The van der Waals surface area contributed by atoms with E-state index in [-0.39, 0.29) is 37.2 Å². The molecule has 0 radical (unpaired) electrons. The van der Waals surface area contributed by atoms with Crippen molar-refractivity contribution in [2.24, 2.45) is 5.73 Å². The second-order valence-electron chi connectivity index (χ2n) is 7.40. The van der Waals surface area contributed by atoms with Crippen LogP contribution in [0.5, 0.6) is 0 Å². The molecule has 0 bridgehead atoms. The quantitative estimate of drug-likeness (QED) is 0.784. The van der Waals surface area contributed by atoms with Gasteiger partial charge in [-0.2, -0.15) is 0 Å². The van der Waals surface area contributed by atoms with Crippen molar-refractivity contribution in [3.05, 3.63) is 71.3 Å². The van der Waals surface area contributed by atoms with E-state index in [1.807, 2.05) is 48.5 Å².